The second-order valence-electron chi connectivity index (χ2n) is 8.88. The Bertz CT molecular complexity index is 1110. The number of methoxy groups -OCH3 is 1. The first-order valence-electron chi connectivity index (χ1n) is 10.6. The van der Waals surface area contributed by atoms with Gasteiger partial charge < -0.3 is 20.7 Å². The van der Waals surface area contributed by atoms with Crippen LogP contribution in [0.15, 0.2) is 66.9 Å². The molecular formula is C25H30N4O3Si. The molecule has 3 rings (SSSR count). The number of pyridine rings is 1. The molecule has 3 N–H and O–H groups in total. The van der Waals surface area contributed by atoms with Crippen molar-refractivity contribution in [2.75, 3.05) is 25.2 Å². The van der Waals surface area contributed by atoms with Gasteiger partial charge in [0.1, 0.15) is 17.6 Å². The highest BCUT2D eigenvalue weighted by Crippen LogP contribution is 2.25. The highest BCUT2D eigenvalue weighted by molar-refractivity contribution is 6.88. The standard InChI is InChI=1S/C25H30N4O3Si/c1-29(25(31)18-8-15-22(26)27-16-18)23(17-6-11-20(32-2)12-7-17)24(30)28-19-9-13-21(14-10-19)33(3,4)5/h6-16,23H,1-5H3,(H2,26,27)(H,28,30). The Morgan fingerprint density at radius 3 is 2.15 bits per heavy atom. The average Bonchev–Trinajstić information content (AvgIpc) is 2.79. The van der Waals surface area contributed by atoms with Crippen molar-refractivity contribution in [1.82, 2.24) is 9.88 Å². The summed E-state index contributed by atoms with van der Waals surface area (Å²) in [5, 5.41) is 4.26. The molecule has 0 saturated heterocycles. The molecule has 2 amide bonds. The zero-order valence-electron chi connectivity index (χ0n) is 19.6. The van der Waals surface area contributed by atoms with Crippen LogP contribution in [0, 0.1) is 0 Å². The fourth-order valence-corrected chi connectivity index (χ4v) is 4.62. The minimum Gasteiger partial charge on any atom is -0.497 e. The summed E-state index contributed by atoms with van der Waals surface area (Å²) < 4.78 is 5.23. The highest BCUT2D eigenvalue weighted by atomic mass is 28.3. The smallest absolute Gasteiger partial charge is 0.256 e. The summed E-state index contributed by atoms with van der Waals surface area (Å²) in [6.45, 7) is 6.81. The van der Waals surface area contributed by atoms with Crippen molar-refractivity contribution >= 4 is 36.6 Å². The third kappa shape index (κ3) is 5.78. The van der Waals surface area contributed by atoms with Crippen molar-refractivity contribution < 1.29 is 14.3 Å². The summed E-state index contributed by atoms with van der Waals surface area (Å²) in [5.41, 5.74) is 7.32. The Morgan fingerprint density at radius 2 is 1.64 bits per heavy atom. The molecule has 3 aromatic rings. The van der Waals surface area contributed by atoms with E-state index in [1.54, 1.807) is 50.6 Å². The van der Waals surface area contributed by atoms with Crippen LogP contribution in [0.3, 0.4) is 0 Å². The SMILES string of the molecule is COc1ccc(C(C(=O)Nc2ccc([Si](C)(C)C)cc2)N(C)C(=O)c2ccc(N)nc2)cc1. The van der Waals surface area contributed by atoms with E-state index in [1.165, 1.54) is 16.3 Å². The van der Waals surface area contributed by atoms with Gasteiger partial charge in [0.05, 0.1) is 20.7 Å². The molecule has 1 unspecified atom stereocenters. The van der Waals surface area contributed by atoms with Crippen molar-refractivity contribution in [3.63, 3.8) is 0 Å². The lowest BCUT2D eigenvalue weighted by molar-refractivity contribution is -0.120. The summed E-state index contributed by atoms with van der Waals surface area (Å²) in [4.78, 5) is 32.0. The predicted octanol–water partition coefficient (Wildman–Crippen LogP) is 3.67. The summed E-state index contributed by atoms with van der Waals surface area (Å²) in [6.07, 6.45) is 1.41. The van der Waals surface area contributed by atoms with Crippen molar-refractivity contribution in [1.29, 1.82) is 0 Å². The van der Waals surface area contributed by atoms with Crippen LogP contribution in [0.2, 0.25) is 19.6 Å². The molecule has 1 heterocycles. The van der Waals surface area contributed by atoms with Crippen LogP contribution in [0.25, 0.3) is 0 Å². The lowest BCUT2D eigenvalue weighted by Crippen LogP contribution is -2.39. The van der Waals surface area contributed by atoms with Gasteiger partial charge in [-0.1, -0.05) is 49.1 Å². The Labute approximate surface area is 195 Å². The fraction of sp³-hybridized carbons (Fsp3) is 0.240. The number of ether oxygens (including phenoxy) is 1. The van der Waals surface area contributed by atoms with Gasteiger partial charge >= 0.3 is 0 Å². The topological polar surface area (TPSA) is 97.5 Å². The molecule has 0 saturated carbocycles. The molecule has 0 aliphatic rings. The molecule has 0 radical (unpaired) electrons. The van der Waals surface area contributed by atoms with Crippen molar-refractivity contribution in [3.8, 4) is 5.75 Å². The average molecular weight is 463 g/mol. The third-order valence-electron chi connectivity index (χ3n) is 5.44. The van der Waals surface area contributed by atoms with Crippen LogP contribution in [-0.4, -0.2) is 43.9 Å². The van der Waals surface area contributed by atoms with Crippen LogP contribution in [-0.2, 0) is 4.79 Å². The Morgan fingerprint density at radius 1 is 1.00 bits per heavy atom. The molecule has 7 nitrogen and oxygen atoms in total. The van der Waals surface area contributed by atoms with Crippen LogP contribution < -0.4 is 21.0 Å². The van der Waals surface area contributed by atoms with Gasteiger partial charge in [0.15, 0.2) is 0 Å². The Balaban J connectivity index is 1.91. The molecule has 1 aromatic heterocycles. The zero-order valence-corrected chi connectivity index (χ0v) is 20.6. The summed E-state index contributed by atoms with van der Waals surface area (Å²) in [5.74, 6) is 0.324. The van der Waals surface area contributed by atoms with E-state index in [1.807, 2.05) is 12.1 Å². The van der Waals surface area contributed by atoms with E-state index in [2.05, 4.69) is 42.1 Å². The van der Waals surface area contributed by atoms with Crippen molar-refractivity contribution in [2.24, 2.45) is 0 Å². The quantitative estimate of drug-likeness (QED) is 0.522. The van der Waals surface area contributed by atoms with Crippen LogP contribution in [0.5, 0.6) is 5.75 Å². The second-order valence-corrected chi connectivity index (χ2v) is 14.0. The van der Waals surface area contributed by atoms with E-state index in [0.717, 1.165) is 0 Å². The number of rotatable bonds is 7. The minimum absolute atomic E-state index is 0.319. The van der Waals surface area contributed by atoms with E-state index in [-0.39, 0.29) is 11.8 Å². The number of hydrogen-bond acceptors (Lipinski definition) is 5. The maximum Gasteiger partial charge on any atom is 0.256 e. The van der Waals surface area contributed by atoms with E-state index in [0.29, 0.717) is 28.4 Å². The van der Waals surface area contributed by atoms with Crippen LogP contribution in [0.1, 0.15) is 22.0 Å². The van der Waals surface area contributed by atoms with E-state index in [4.69, 9.17) is 10.5 Å². The maximum atomic E-state index is 13.4. The largest absolute Gasteiger partial charge is 0.497 e. The van der Waals surface area contributed by atoms with E-state index in [9.17, 15) is 9.59 Å². The number of anilines is 2. The lowest BCUT2D eigenvalue weighted by Gasteiger charge is -2.28. The fourth-order valence-electron chi connectivity index (χ4n) is 3.45. The number of amides is 2. The first-order chi connectivity index (χ1) is 15.6. The van der Waals surface area contributed by atoms with Crippen LogP contribution >= 0.6 is 0 Å². The van der Waals surface area contributed by atoms with Gasteiger partial charge in [0, 0.05) is 18.9 Å². The highest BCUT2D eigenvalue weighted by Gasteiger charge is 2.30. The molecule has 2 aromatic carbocycles. The number of likely N-dealkylation sites (N-methyl/N-ethyl adjacent to an activating group) is 1. The summed E-state index contributed by atoms with van der Waals surface area (Å²) in [6, 6.07) is 17.3. The molecule has 0 aliphatic heterocycles. The number of nitrogens with one attached hydrogen (secondary N) is 1. The Kier molecular flexibility index (Phi) is 7.18. The first-order valence-corrected chi connectivity index (χ1v) is 14.1. The van der Waals surface area contributed by atoms with Gasteiger partial charge in [-0.3, -0.25) is 9.59 Å². The molecule has 0 aliphatic carbocycles. The normalized spacial score (nSPS) is 12.0. The van der Waals surface area contributed by atoms with Gasteiger partial charge in [-0.15, -0.1) is 0 Å². The number of carbonyl (C=O) groups excluding carboxylic acids is 2. The van der Waals surface area contributed by atoms with Gasteiger partial charge in [-0.05, 0) is 42.0 Å². The summed E-state index contributed by atoms with van der Waals surface area (Å²) >= 11 is 0. The third-order valence-corrected chi connectivity index (χ3v) is 7.50. The molecule has 0 fully saturated rings. The minimum atomic E-state index is -1.45. The maximum absolute atomic E-state index is 13.4. The molecule has 33 heavy (non-hydrogen) atoms. The van der Waals surface area contributed by atoms with E-state index < -0.39 is 14.1 Å². The van der Waals surface area contributed by atoms with Gasteiger partial charge in [-0.25, -0.2) is 4.98 Å². The molecule has 0 bridgehead atoms. The molecular weight excluding hydrogens is 432 g/mol. The number of benzene rings is 2. The zero-order chi connectivity index (χ0) is 24.2. The molecule has 8 heteroatoms. The predicted molar refractivity (Wildman–Crippen MR) is 135 cm³/mol. The Hall–Kier alpha value is -3.65. The van der Waals surface area contributed by atoms with Crippen molar-refractivity contribution in [2.45, 2.75) is 25.7 Å². The van der Waals surface area contributed by atoms with E-state index >= 15 is 0 Å². The lowest BCUT2D eigenvalue weighted by atomic mass is 10.0. The number of nitrogens with two attached hydrogens (primary N) is 1. The molecule has 1 atom stereocenters. The summed E-state index contributed by atoms with van der Waals surface area (Å²) in [7, 11) is 1.73. The van der Waals surface area contributed by atoms with Crippen molar-refractivity contribution in [3.05, 3.63) is 78.0 Å². The van der Waals surface area contributed by atoms with Crippen LogP contribution in [0.4, 0.5) is 11.5 Å². The second kappa shape index (κ2) is 9.87. The number of aromatic nitrogens is 1. The van der Waals surface area contributed by atoms with Gasteiger partial charge in [-0.2, -0.15) is 0 Å². The van der Waals surface area contributed by atoms with Gasteiger partial charge in [0.25, 0.3) is 11.8 Å². The number of nitrogens with zero attached hydrogens (tertiary/aromatic N) is 2. The van der Waals surface area contributed by atoms with Gasteiger partial charge in [0.2, 0.25) is 0 Å². The monoisotopic (exact) mass is 462 g/mol. The number of hydrogen-bond donors (Lipinski definition) is 2. The molecule has 172 valence electrons. The first kappa shape index (κ1) is 24.0. The number of nitrogen functional groups attached to an aromatic ring is 1. The molecule has 0 spiro atoms. The number of carbonyl (C=O) groups is 2.